The third-order valence-electron chi connectivity index (χ3n) is 2.75. The number of benzene rings is 1. The van der Waals surface area contributed by atoms with Crippen LogP contribution in [0.3, 0.4) is 0 Å². The Hall–Kier alpha value is -1.22. The van der Waals surface area contributed by atoms with Gasteiger partial charge < -0.3 is 10.1 Å². The molecule has 4 heteroatoms. The molecular formula is C15H22ClNO2. The van der Waals surface area contributed by atoms with Crippen LogP contribution >= 0.6 is 11.6 Å². The summed E-state index contributed by atoms with van der Waals surface area (Å²) in [5.41, 5.74) is 1.19. The fourth-order valence-corrected chi connectivity index (χ4v) is 1.78. The van der Waals surface area contributed by atoms with Crippen molar-refractivity contribution in [1.82, 2.24) is 5.32 Å². The summed E-state index contributed by atoms with van der Waals surface area (Å²) in [7, 11) is 0. The number of unbranched alkanes of at least 4 members (excludes halogenated alkanes) is 1. The average Bonchev–Trinajstić information content (AvgIpc) is 2.41. The lowest BCUT2D eigenvalue weighted by molar-refractivity contribution is -0.120. The molecular weight excluding hydrogens is 262 g/mol. The molecule has 1 aromatic rings. The molecule has 3 nitrogen and oxygen atoms in total. The summed E-state index contributed by atoms with van der Waals surface area (Å²) in [6.45, 7) is 3.56. The molecule has 0 aliphatic heterocycles. The minimum absolute atomic E-state index is 0.00881. The molecule has 1 amide bonds. The largest absolute Gasteiger partial charge is 0.494 e. The van der Waals surface area contributed by atoms with Gasteiger partial charge in [-0.1, -0.05) is 25.5 Å². The second kappa shape index (κ2) is 9.68. The Morgan fingerprint density at radius 3 is 2.68 bits per heavy atom. The summed E-state index contributed by atoms with van der Waals surface area (Å²) in [6.07, 6.45) is 3.42. The molecule has 0 aliphatic rings. The van der Waals surface area contributed by atoms with Crippen LogP contribution in [0.15, 0.2) is 24.3 Å². The van der Waals surface area contributed by atoms with E-state index in [0.29, 0.717) is 18.8 Å². The molecule has 0 spiro atoms. The third-order valence-corrected chi connectivity index (χ3v) is 2.94. The van der Waals surface area contributed by atoms with Crippen LogP contribution in [0.4, 0.5) is 0 Å². The van der Waals surface area contributed by atoms with E-state index in [9.17, 15) is 4.79 Å². The molecule has 19 heavy (non-hydrogen) atoms. The molecule has 1 rings (SSSR count). The summed E-state index contributed by atoms with van der Waals surface area (Å²) >= 11 is 5.49. The highest BCUT2D eigenvalue weighted by atomic mass is 35.5. The van der Waals surface area contributed by atoms with E-state index in [1.807, 2.05) is 24.3 Å². The zero-order valence-corrected chi connectivity index (χ0v) is 12.2. The van der Waals surface area contributed by atoms with Gasteiger partial charge in [-0.3, -0.25) is 4.79 Å². The minimum Gasteiger partial charge on any atom is -0.494 e. The van der Waals surface area contributed by atoms with Crippen molar-refractivity contribution in [3.63, 3.8) is 0 Å². The van der Waals surface area contributed by atoms with Gasteiger partial charge in [0.1, 0.15) is 5.75 Å². The third kappa shape index (κ3) is 7.06. The van der Waals surface area contributed by atoms with Crippen LogP contribution < -0.4 is 10.1 Å². The number of hydrogen-bond acceptors (Lipinski definition) is 2. The molecule has 0 radical (unpaired) electrons. The second-order valence-corrected chi connectivity index (χ2v) is 4.76. The molecule has 106 valence electrons. The number of nitrogens with one attached hydrogen (secondary N) is 1. The van der Waals surface area contributed by atoms with Crippen LogP contribution in [0.5, 0.6) is 5.75 Å². The van der Waals surface area contributed by atoms with Gasteiger partial charge in [-0.25, -0.2) is 0 Å². The number of rotatable bonds is 9. The van der Waals surface area contributed by atoms with Gasteiger partial charge in [0.25, 0.3) is 0 Å². The van der Waals surface area contributed by atoms with Gasteiger partial charge in [-0.15, -0.1) is 11.6 Å². The van der Waals surface area contributed by atoms with Crippen LogP contribution in [-0.2, 0) is 11.2 Å². The lowest BCUT2D eigenvalue weighted by Crippen LogP contribution is -2.25. The number of ether oxygens (including phenoxy) is 1. The average molecular weight is 284 g/mol. The van der Waals surface area contributed by atoms with Gasteiger partial charge in [-0.05, 0) is 30.5 Å². The first kappa shape index (κ1) is 15.8. The van der Waals surface area contributed by atoms with Crippen molar-refractivity contribution in [2.24, 2.45) is 0 Å². The molecule has 1 N–H and O–H groups in total. The molecule has 0 saturated heterocycles. The Kier molecular flexibility index (Phi) is 8.07. The molecule has 0 aromatic heterocycles. The van der Waals surface area contributed by atoms with E-state index >= 15 is 0 Å². The summed E-state index contributed by atoms with van der Waals surface area (Å²) < 4.78 is 5.59. The lowest BCUT2D eigenvalue weighted by Gasteiger charge is -2.07. The zero-order chi connectivity index (χ0) is 13.9. The van der Waals surface area contributed by atoms with Crippen molar-refractivity contribution in [2.75, 3.05) is 19.0 Å². The summed E-state index contributed by atoms with van der Waals surface area (Å²) in [5.74, 6) is 1.29. The smallest absolute Gasteiger partial charge is 0.221 e. The highest BCUT2D eigenvalue weighted by Gasteiger charge is 2.00. The van der Waals surface area contributed by atoms with Crippen molar-refractivity contribution in [3.05, 3.63) is 29.8 Å². The molecule has 0 aliphatic carbocycles. The van der Waals surface area contributed by atoms with Crippen molar-refractivity contribution >= 4 is 17.5 Å². The quantitative estimate of drug-likeness (QED) is 0.558. The predicted octanol–water partition coefficient (Wildman–Crippen LogP) is 3.15. The zero-order valence-electron chi connectivity index (χ0n) is 11.5. The topological polar surface area (TPSA) is 38.3 Å². The van der Waals surface area contributed by atoms with Crippen LogP contribution in [0.25, 0.3) is 0 Å². The SMILES string of the molecule is CCCCOc1ccc(CCNC(=O)CCCl)cc1. The summed E-state index contributed by atoms with van der Waals surface area (Å²) in [6, 6.07) is 8.03. The Morgan fingerprint density at radius 2 is 2.05 bits per heavy atom. The van der Waals surface area contributed by atoms with Crippen LogP contribution in [0, 0.1) is 0 Å². The van der Waals surface area contributed by atoms with E-state index in [1.54, 1.807) is 0 Å². The molecule has 1 aromatic carbocycles. The Bertz CT molecular complexity index is 365. The van der Waals surface area contributed by atoms with E-state index in [1.165, 1.54) is 5.56 Å². The Balaban J connectivity index is 2.26. The number of carbonyl (C=O) groups is 1. The fourth-order valence-electron chi connectivity index (χ4n) is 1.61. The Labute approximate surface area is 120 Å². The second-order valence-electron chi connectivity index (χ2n) is 4.38. The van der Waals surface area contributed by atoms with E-state index < -0.39 is 0 Å². The normalized spacial score (nSPS) is 10.2. The van der Waals surface area contributed by atoms with Gasteiger partial charge in [0.15, 0.2) is 0 Å². The molecule has 0 bridgehead atoms. The lowest BCUT2D eigenvalue weighted by atomic mass is 10.1. The predicted molar refractivity (Wildman–Crippen MR) is 78.9 cm³/mol. The van der Waals surface area contributed by atoms with E-state index in [0.717, 1.165) is 31.6 Å². The maximum Gasteiger partial charge on any atom is 0.221 e. The number of alkyl halides is 1. The highest BCUT2D eigenvalue weighted by molar-refractivity contribution is 6.18. The Morgan fingerprint density at radius 1 is 1.32 bits per heavy atom. The monoisotopic (exact) mass is 283 g/mol. The molecule has 0 atom stereocenters. The van der Waals surface area contributed by atoms with Gasteiger partial charge in [0, 0.05) is 18.8 Å². The van der Waals surface area contributed by atoms with Gasteiger partial charge in [0.05, 0.1) is 6.61 Å². The number of carbonyl (C=O) groups excluding carboxylic acids is 1. The molecule has 0 heterocycles. The molecule has 0 saturated carbocycles. The number of amides is 1. The van der Waals surface area contributed by atoms with Crippen molar-refractivity contribution in [3.8, 4) is 5.75 Å². The highest BCUT2D eigenvalue weighted by Crippen LogP contribution is 2.12. The van der Waals surface area contributed by atoms with E-state index in [-0.39, 0.29) is 5.91 Å². The van der Waals surface area contributed by atoms with Crippen LogP contribution in [-0.4, -0.2) is 24.9 Å². The van der Waals surface area contributed by atoms with Crippen molar-refractivity contribution in [1.29, 1.82) is 0 Å². The van der Waals surface area contributed by atoms with Crippen LogP contribution in [0.2, 0.25) is 0 Å². The summed E-state index contributed by atoms with van der Waals surface area (Å²) in [5, 5.41) is 2.83. The summed E-state index contributed by atoms with van der Waals surface area (Å²) in [4.78, 5) is 11.2. The standard InChI is InChI=1S/C15H22ClNO2/c1-2-3-12-19-14-6-4-13(5-7-14)9-11-17-15(18)8-10-16/h4-7H,2-3,8-12H2,1H3,(H,17,18). The van der Waals surface area contributed by atoms with Crippen LogP contribution in [0.1, 0.15) is 31.7 Å². The molecule has 0 fully saturated rings. The maximum atomic E-state index is 11.2. The van der Waals surface area contributed by atoms with Gasteiger partial charge >= 0.3 is 0 Å². The van der Waals surface area contributed by atoms with E-state index in [4.69, 9.17) is 16.3 Å². The maximum absolute atomic E-state index is 11.2. The van der Waals surface area contributed by atoms with Gasteiger partial charge in [0.2, 0.25) is 5.91 Å². The number of hydrogen-bond donors (Lipinski definition) is 1. The van der Waals surface area contributed by atoms with Gasteiger partial charge in [-0.2, -0.15) is 0 Å². The van der Waals surface area contributed by atoms with Crippen molar-refractivity contribution < 1.29 is 9.53 Å². The first-order valence-electron chi connectivity index (χ1n) is 6.80. The first-order chi connectivity index (χ1) is 9.26. The fraction of sp³-hybridized carbons (Fsp3) is 0.533. The minimum atomic E-state index is 0.00881. The number of halogens is 1. The molecule has 0 unspecified atom stereocenters. The van der Waals surface area contributed by atoms with Crippen molar-refractivity contribution in [2.45, 2.75) is 32.6 Å². The van der Waals surface area contributed by atoms with E-state index in [2.05, 4.69) is 12.2 Å². The first-order valence-corrected chi connectivity index (χ1v) is 7.34.